The van der Waals surface area contributed by atoms with E-state index in [1.807, 2.05) is 18.2 Å². The Morgan fingerprint density at radius 1 is 1.43 bits per heavy atom. The van der Waals surface area contributed by atoms with E-state index in [1.54, 1.807) is 11.7 Å². The predicted octanol–water partition coefficient (Wildman–Crippen LogP) is 1.52. The monoisotopic (exact) mass is 271 g/mol. The SMILES string of the molecule is Cn1nnnc1Sc1cccc(Br)n1. The van der Waals surface area contributed by atoms with Crippen molar-refractivity contribution >= 4 is 27.7 Å². The highest BCUT2D eigenvalue weighted by Crippen LogP contribution is 2.23. The first-order valence-corrected chi connectivity index (χ1v) is 5.39. The quantitative estimate of drug-likeness (QED) is 0.776. The maximum atomic E-state index is 4.26. The van der Waals surface area contributed by atoms with Gasteiger partial charge in [0.25, 0.3) is 0 Å². The van der Waals surface area contributed by atoms with Crippen molar-refractivity contribution in [1.29, 1.82) is 0 Å². The van der Waals surface area contributed by atoms with Crippen molar-refractivity contribution in [3.05, 3.63) is 22.8 Å². The highest BCUT2D eigenvalue weighted by molar-refractivity contribution is 9.10. The van der Waals surface area contributed by atoms with E-state index in [9.17, 15) is 0 Å². The molecule has 0 saturated carbocycles. The fraction of sp³-hybridized carbons (Fsp3) is 0.143. The fourth-order valence-corrected chi connectivity index (χ4v) is 2.03. The molecule has 0 amide bonds. The molecule has 72 valence electrons. The molecular formula is C7H6BrN5S. The second-order valence-corrected chi connectivity index (χ2v) is 4.29. The summed E-state index contributed by atoms with van der Waals surface area (Å²) in [5.41, 5.74) is 0. The van der Waals surface area contributed by atoms with Gasteiger partial charge in [-0.25, -0.2) is 9.67 Å². The van der Waals surface area contributed by atoms with Crippen LogP contribution in [0.25, 0.3) is 0 Å². The van der Waals surface area contributed by atoms with Crippen molar-refractivity contribution in [1.82, 2.24) is 25.2 Å². The van der Waals surface area contributed by atoms with E-state index < -0.39 is 0 Å². The van der Waals surface area contributed by atoms with Crippen LogP contribution in [0.1, 0.15) is 0 Å². The fourth-order valence-electron chi connectivity index (χ4n) is 0.848. The Hall–Kier alpha value is -0.950. The lowest BCUT2D eigenvalue weighted by Gasteiger charge is -1.98. The molecule has 2 rings (SSSR count). The topological polar surface area (TPSA) is 56.5 Å². The van der Waals surface area contributed by atoms with Crippen molar-refractivity contribution in [3.8, 4) is 0 Å². The van der Waals surface area contributed by atoms with Crippen LogP contribution in [0.5, 0.6) is 0 Å². The molecule has 0 saturated heterocycles. The maximum absolute atomic E-state index is 4.26. The van der Waals surface area contributed by atoms with Gasteiger partial charge >= 0.3 is 0 Å². The number of pyridine rings is 1. The Balaban J connectivity index is 2.23. The summed E-state index contributed by atoms with van der Waals surface area (Å²) in [4.78, 5) is 4.26. The van der Waals surface area contributed by atoms with Crippen molar-refractivity contribution in [3.63, 3.8) is 0 Å². The molecule has 2 aromatic rings. The number of tetrazole rings is 1. The molecule has 0 unspecified atom stereocenters. The zero-order valence-corrected chi connectivity index (χ0v) is 9.66. The van der Waals surface area contributed by atoms with Gasteiger partial charge in [0, 0.05) is 7.05 Å². The lowest BCUT2D eigenvalue weighted by Crippen LogP contribution is -1.93. The van der Waals surface area contributed by atoms with Crippen LogP contribution in [0, 0.1) is 0 Å². The normalized spacial score (nSPS) is 10.4. The van der Waals surface area contributed by atoms with E-state index in [2.05, 4.69) is 36.4 Å². The molecule has 0 aromatic carbocycles. The number of nitrogens with zero attached hydrogens (tertiary/aromatic N) is 5. The van der Waals surface area contributed by atoms with E-state index in [0.717, 1.165) is 14.8 Å². The summed E-state index contributed by atoms with van der Waals surface area (Å²) >= 11 is 4.72. The molecule has 0 radical (unpaired) electrons. The van der Waals surface area contributed by atoms with Crippen LogP contribution in [0.15, 0.2) is 33.0 Å². The third kappa shape index (κ3) is 2.10. The Bertz CT molecular complexity index is 443. The third-order valence-corrected chi connectivity index (χ3v) is 2.87. The molecule has 0 aliphatic heterocycles. The number of halogens is 1. The van der Waals surface area contributed by atoms with Crippen LogP contribution < -0.4 is 0 Å². The van der Waals surface area contributed by atoms with Crippen LogP contribution in [0.4, 0.5) is 0 Å². The zero-order chi connectivity index (χ0) is 9.97. The van der Waals surface area contributed by atoms with Crippen LogP contribution in [0.3, 0.4) is 0 Å². The standard InChI is InChI=1S/C7H6BrN5S/c1-13-7(10-11-12-13)14-6-4-2-3-5(8)9-6/h2-4H,1H3. The minimum Gasteiger partial charge on any atom is -0.234 e. The summed E-state index contributed by atoms with van der Waals surface area (Å²) in [5.74, 6) is 0. The molecule has 5 nitrogen and oxygen atoms in total. The van der Waals surface area contributed by atoms with Crippen LogP contribution in [0.2, 0.25) is 0 Å². The Kier molecular flexibility index (Phi) is 2.78. The smallest absolute Gasteiger partial charge is 0.215 e. The molecule has 14 heavy (non-hydrogen) atoms. The number of aromatic nitrogens is 5. The molecule has 0 atom stereocenters. The van der Waals surface area contributed by atoms with E-state index in [0.29, 0.717) is 0 Å². The second-order valence-electron chi connectivity index (χ2n) is 2.49. The maximum Gasteiger partial charge on any atom is 0.215 e. The molecule has 7 heteroatoms. The first-order valence-electron chi connectivity index (χ1n) is 3.78. The van der Waals surface area contributed by atoms with Gasteiger partial charge < -0.3 is 0 Å². The highest BCUT2D eigenvalue weighted by Gasteiger charge is 2.05. The summed E-state index contributed by atoms with van der Waals surface area (Å²) < 4.78 is 2.41. The summed E-state index contributed by atoms with van der Waals surface area (Å²) in [6.45, 7) is 0. The van der Waals surface area contributed by atoms with Gasteiger partial charge in [-0.05, 0) is 50.3 Å². The summed E-state index contributed by atoms with van der Waals surface area (Å²) in [7, 11) is 1.79. The highest BCUT2D eigenvalue weighted by atomic mass is 79.9. The molecule has 0 aliphatic rings. The first kappa shape index (κ1) is 9.60. The summed E-state index contributed by atoms with van der Waals surface area (Å²) in [6, 6.07) is 5.70. The Labute approximate surface area is 93.0 Å². The van der Waals surface area contributed by atoms with Crippen molar-refractivity contribution in [2.75, 3.05) is 0 Å². The van der Waals surface area contributed by atoms with Crippen molar-refractivity contribution in [2.24, 2.45) is 7.05 Å². The van der Waals surface area contributed by atoms with Gasteiger partial charge in [-0.15, -0.1) is 5.10 Å². The van der Waals surface area contributed by atoms with Gasteiger partial charge in [0.15, 0.2) is 0 Å². The number of hydrogen-bond acceptors (Lipinski definition) is 5. The predicted molar refractivity (Wildman–Crippen MR) is 54.9 cm³/mol. The van der Waals surface area contributed by atoms with Gasteiger partial charge in [-0.3, -0.25) is 0 Å². The van der Waals surface area contributed by atoms with E-state index in [4.69, 9.17) is 0 Å². The minimum atomic E-state index is 0.718. The van der Waals surface area contributed by atoms with Crippen LogP contribution >= 0.6 is 27.7 Å². The van der Waals surface area contributed by atoms with Gasteiger partial charge in [-0.2, -0.15) is 0 Å². The van der Waals surface area contributed by atoms with Crippen molar-refractivity contribution < 1.29 is 0 Å². The molecule has 0 bridgehead atoms. The first-order chi connectivity index (χ1) is 6.75. The minimum absolute atomic E-state index is 0.718. The van der Waals surface area contributed by atoms with E-state index in [1.165, 1.54) is 11.8 Å². The summed E-state index contributed by atoms with van der Waals surface area (Å²) in [5, 5.41) is 12.7. The van der Waals surface area contributed by atoms with Gasteiger partial charge in [-0.1, -0.05) is 6.07 Å². The molecular weight excluding hydrogens is 266 g/mol. The third-order valence-electron chi connectivity index (χ3n) is 1.47. The van der Waals surface area contributed by atoms with Crippen molar-refractivity contribution in [2.45, 2.75) is 10.2 Å². The largest absolute Gasteiger partial charge is 0.234 e. The molecule has 0 spiro atoms. The number of rotatable bonds is 2. The van der Waals surface area contributed by atoms with Crippen LogP contribution in [-0.4, -0.2) is 25.2 Å². The van der Waals surface area contributed by atoms with Crippen LogP contribution in [-0.2, 0) is 7.05 Å². The van der Waals surface area contributed by atoms with E-state index >= 15 is 0 Å². The average Bonchev–Trinajstić information content (AvgIpc) is 2.52. The average molecular weight is 272 g/mol. The molecule has 0 N–H and O–H groups in total. The molecule has 2 aromatic heterocycles. The number of hydrogen-bond donors (Lipinski definition) is 0. The Morgan fingerprint density at radius 2 is 2.29 bits per heavy atom. The second kappa shape index (κ2) is 4.05. The lowest BCUT2D eigenvalue weighted by atomic mass is 10.5. The van der Waals surface area contributed by atoms with Gasteiger partial charge in [0.05, 0.1) is 0 Å². The molecule has 0 aliphatic carbocycles. The Morgan fingerprint density at radius 3 is 2.93 bits per heavy atom. The lowest BCUT2D eigenvalue weighted by molar-refractivity contribution is 0.664. The zero-order valence-electron chi connectivity index (χ0n) is 7.25. The van der Waals surface area contributed by atoms with E-state index in [-0.39, 0.29) is 0 Å². The van der Waals surface area contributed by atoms with Gasteiger partial charge in [0.2, 0.25) is 5.16 Å². The molecule has 2 heterocycles. The number of aryl methyl sites for hydroxylation is 1. The summed E-state index contributed by atoms with van der Waals surface area (Å²) in [6.07, 6.45) is 0. The molecule has 0 fully saturated rings. The van der Waals surface area contributed by atoms with Gasteiger partial charge in [0.1, 0.15) is 9.63 Å².